The molecule has 0 fully saturated rings. The van der Waals surface area contributed by atoms with E-state index in [1.54, 1.807) is 43.4 Å². The van der Waals surface area contributed by atoms with Crippen LogP contribution in [0.25, 0.3) is 10.9 Å². The molecular formula is C18H13N7O3S. The number of aromatic nitrogens is 5. The first-order valence-corrected chi connectivity index (χ1v) is 9.15. The molecule has 0 aliphatic heterocycles. The monoisotopic (exact) mass is 407 g/mol. The number of fused-ring (bicyclic) bond motifs is 1. The highest BCUT2D eigenvalue weighted by molar-refractivity contribution is 7.99. The average Bonchev–Trinajstić information content (AvgIpc) is 3.24. The number of nitro groups is 1. The van der Waals surface area contributed by atoms with Crippen molar-refractivity contribution in [2.24, 2.45) is 12.1 Å². The molecule has 0 aliphatic rings. The predicted molar refractivity (Wildman–Crippen MR) is 107 cm³/mol. The van der Waals surface area contributed by atoms with Crippen LogP contribution in [0.5, 0.6) is 0 Å². The van der Waals surface area contributed by atoms with Gasteiger partial charge >= 0.3 is 0 Å². The molecule has 0 N–H and O–H groups in total. The van der Waals surface area contributed by atoms with E-state index < -0.39 is 4.92 Å². The molecule has 4 aromatic rings. The standard InChI is InChI=1S/C18H13N7O3S/c1-23-17(26)13-4-2-3-5-14(13)22-18(23)29-16-7-6-12(8-15(16)25(27)28)9-21-24-10-19-20-11-24/h2-11H,1H3/b21-9-. The predicted octanol–water partition coefficient (Wildman–Crippen LogP) is 2.47. The summed E-state index contributed by atoms with van der Waals surface area (Å²) in [5.74, 6) is 0. The Morgan fingerprint density at radius 3 is 2.69 bits per heavy atom. The molecule has 0 saturated heterocycles. The summed E-state index contributed by atoms with van der Waals surface area (Å²) in [5, 5.41) is 23.8. The molecule has 11 heteroatoms. The molecule has 2 aromatic carbocycles. The van der Waals surface area contributed by atoms with Gasteiger partial charge in [-0.05, 0) is 30.0 Å². The van der Waals surface area contributed by atoms with Crippen molar-refractivity contribution < 1.29 is 4.92 Å². The SMILES string of the molecule is Cn1c(Sc2ccc(/C=N\n3cnnc3)cc2[N+](=O)[O-])nc2ccccc2c1=O. The third-order valence-electron chi connectivity index (χ3n) is 4.07. The Bertz CT molecular complexity index is 1300. The minimum Gasteiger partial charge on any atom is -0.290 e. The zero-order chi connectivity index (χ0) is 20.4. The summed E-state index contributed by atoms with van der Waals surface area (Å²) in [7, 11) is 1.59. The maximum atomic E-state index is 12.6. The van der Waals surface area contributed by atoms with E-state index in [0.29, 0.717) is 26.5 Å². The Morgan fingerprint density at radius 2 is 1.93 bits per heavy atom. The summed E-state index contributed by atoms with van der Waals surface area (Å²) in [6.07, 6.45) is 4.27. The van der Waals surface area contributed by atoms with Gasteiger partial charge in [0, 0.05) is 18.7 Å². The lowest BCUT2D eigenvalue weighted by molar-refractivity contribution is -0.387. The third-order valence-corrected chi connectivity index (χ3v) is 5.18. The Kier molecular flexibility index (Phi) is 4.87. The highest BCUT2D eigenvalue weighted by Gasteiger charge is 2.18. The zero-order valence-electron chi connectivity index (χ0n) is 15.0. The van der Waals surface area contributed by atoms with Crippen molar-refractivity contribution >= 4 is 34.6 Å². The quantitative estimate of drug-likeness (QED) is 0.216. The van der Waals surface area contributed by atoms with Crippen molar-refractivity contribution in [3.63, 3.8) is 0 Å². The third kappa shape index (κ3) is 3.75. The van der Waals surface area contributed by atoms with E-state index in [2.05, 4.69) is 20.3 Å². The fraction of sp³-hybridized carbons (Fsp3) is 0.0556. The lowest BCUT2D eigenvalue weighted by atomic mass is 10.2. The van der Waals surface area contributed by atoms with Crippen LogP contribution in [0, 0.1) is 10.1 Å². The molecule has 29 heavy (non-hydrogen) atoms. The van der Waals surface area contributed by atoms with Crippen LogP contribution in [-0.2, 0) is 7.05 Å². The van der Waals surface area contributed by atoms with Crippen molar-refractivity contribution in [2.45, 2.75) is 10.1 Å². The van der Waals surface area contributed by atoms with Gasteiger partial charge in [0.25, 0.3) is 11.2 Å². The van der Waals surface area contributed by atoms with Crippen LogP contribution >= 0.6 is 11.8 Å². The van der Waals surface area contributed by atoms with Crippen LogP contribution in [-0.4, -0.2) is 35.6 Å². The van der Waals surface area contributed by atoms with Crippen LogP contribution in [0.15, 0.2) is 75.1 Å². The Balaban J connectivity index is 1.72. The molecule has 4 rings (SSSR count). The Morgan fingerprint density at radius 1 is 1.17 bits per heavy atom. The molecule has 0 amide bonds. The van der Waals surface area contributed by atoms with Crippen molar-refractivity contribution in [3.05, 3.63) is 81.2 Å². The van der Waals surface area contributed by atoms with E-state index in [4.69, 9.17) is 0 Å². The first-order valence-electron chi connectivity index (χ1n) is 8.34. The van der Waals surface area contributed by atoms with Gasteiger partial charge in [-0.1, -0.05) is 18.2 Å². The summed E-state index contributed by atoms with van der Waals surface area (Å²) in [5.41, 5.74) is 0.761. The molecule has 0 aliphatic carbocycles. The first kappa shape index (κ1) is 18.5. The van der Waals surface area contributed by atoms with Crippen LogP contribution in [0.3, 0.4) is 0 Å². The molecule has 0 atom stereocenters. The van der Waals surface area contributed by atoms with Crippen LogP contribution in [0.2, 0.25) is 0 Å². The van der Waals surface area contributed by atoms with E-state index in [9.17, 15) is 14.9 Å². The zero-order valence-corrected chi connectivity index (χ0v) is 15.9. The van der Waals surface area contributed by atoms with Crippen molar-refractivity contribution in [1.29, 1.82) is 0 Å². The van der Waals surface area contributed by atoms with Crippen LogP contribution in [0.1, 0.15) is 5.56 Å². The Hall–Kier alpha value is -3.86. The van der Waals surface area contributed by atoms with Gasteiger partial charge in [0.2, 0.25) is 0 Å². The lowest BCUT2D eigenvalue weighted by Gasteiger charge is -2.09. The number of para-hydroxylation sites is 1. The van der Waals surface area contributed by atoms with Crippen molar-refractivity contribution in [1.82, 2.24) is 24.4 Å². The molecule has 0 radical (unpaired) electrons. The smallest absolute Gasteiger partial charge is 0.283 e. The summed E-state index contributed by atoms with van der Waals surface area (Å²) in [6.45, 7) is 0. The van der Waals surface area contributed by atoms with Crippen LogP contribution < -0.4 is 5.56 Å². The molecule has 2 aromatic heterocycles. The van der Waals surface area contributed by atoms with Gasteiger partial charge in [-0.3, -0.25) is 19.5 Å². The number of hydrogen-bond donors (Lipinski definition) is 0. The van der Waals surface area contributed by atoms with Gasteiger partial charge < -0.3 is 0 Å². The number of hydrogen-bond acceptors (Lipinski definition) is 8. The molecule has 0 saturated carbocycles. The normalized spacial score (nSPS) is 11.3. The fourth-order valence-corrected chi connectivity index (χ4v) is 3.55. The summed E-state index contributed by atoms with van der Waals surface area (Å²) < 4.78 is 2.77. The van der Waals surface area contributed by atoms with Gasteiger partial charge in [-0.25, -0.2) is 9.66 Å². The number of nitrogens with zero attached hydrogens (tertiary/aromatic N) is 7. The first-order chi connectivity index (χ1) is 14.0. The van der Waals surface area contributed by atoms with Crippen LogP contribution in [0.4, 0.5) is 5.69 Å². The van der Waals surface area contributed by atoms with Crippen molar-refractivity contribution in [2.75, 3.05) is 0 Å². The van der Waals surface area contributed by atoms with Gasteiger partial charge in [0.1, 0.15) is 12.7 Å². The van der Waals surface area contributed by atoms with Gasteiger partial charge in [-0.15, -0.1) is 10.2 Å². The Labute approximate surface area is 167 Å². The molecule has 2 heterocycles. The topological polar surface area (TPSA) is 121 Å². The highest BCUT2D eigenvalue weighted by atomic mass is 32.2. The van der Waals surface area contributed by atoms with Crippen molar-refractivity contribution in [3.8, 4) is 0 Å². The minimum absolute atomic E-state index is 0.106. The largest absolute Gasteiger partial charge is 0.290 e. The maximum Gasteiger partial charge on any atom is 0.283 e. The van der Waals surface area contributed by atoms with Gasteiger partial charge in [0.15, 0.2) is 5.16 Å². The second-order valence-corrected chi connectivity index (χ2v) is 6.96. The van der Waals surface area contributed by atoms with Gasteiger partial charge in [-0.2, -0.15) is 5.10 Å². The van der Waals surface area contributed by atoms with Gasteiger partial charge in [0.05, 0.1) is 26.9 Å². The molecule has 10 nitrogen and oxygen atoms in total. The summed E-state index contributed by atoms with van der Waals surface area (Å²) in [6, 6.07) is 11.7. The molecule has 0 bridgehead atoms. The second-order valence-electron chi connectivity index (χ2n) is 5.95. The highest BCUT2D eigenvalue weighted by Crippen LogP contribution is 2.34. The summed E-state index contributed by atoms with van der Waals surface area (Å²) >= 11 is 1.06. The van der Waals surface area contributed by atoms with E-state index in [1.165, 1.54) is 34.2 Å². The fourth-order valence-electron chi connectivity index (χ4n) is 2.62. The van der Waals surface area contributed by atoms with E-state index in [-0.39, 0.29) is 11.2 Å². The lowest BCUT2D eigenvalue weighted by Crippen LogP contribution is -2.19. The summed E-state index contributed by atoms with van der Waals surface area (Å²) in [4.78, 5) is 28.5. The number of nitro benzene ring substituents is 1. The minimum atomic E-state index is -0.475. The van der Waals surface area contributed by atoms with E-state index in [1.807, 2.05) is 0 Å². The van der Waals surface area contributed by atoms with E-state index in [0.717, 1.165) is 11.8 Å². The average molecular weight is 407 g/mol. The second kappa shape index (κ2) is 7.64. The van der Waals surface area contributed by atoms with E-state index >= 15 is 0 Å². The molecular weight excluding hydrogens is 394 g/mol. The molecule has 0 unspecified atom stereocenters. The molecule has 144 valence electrons. The maximum absolute atomic E-state index is 12.6. The number of rotatable bonds is 5. The number of benzene rings is 2. The molecule has 0 spiro atoms.